The molecule has 0 saturated carbocycles. The van der Waals surface area contributed by atoms with Crippen molar-refractivity contribution in [3.8, 4) is 0 Å². The summed E-state index contributed by atoms with van der Waals surface area (Å²) in [5, 5.41) is 2.87. The molecule has 4 nitrogen and oxygen atoms in total. The van der Waals surface area contributed by atoms with Gasteiger partial charge in [0.2, 0.25) is 0 Å². The summed E-state index contributed by atoms with van der Waals surface area (Å²) in [5.74, 6) is -0.387. The van der Waals surface area contributed by atoms with Crippen molar-refractivity contribution in [1.29, 1.82) is 0 Å². The number of anilines is 1. The Hall–Kier alpha value is -1.62. The standard InChI is InChI=1S/C16H26FN3O/c1-5-11(6-2)14(20(3)4)10-19-16(21)12-8-7-9-13(17)15(12)18/h7-9,11,14H,5-6,10,18H2,1-4H3,(H,19,21). The van der Waals surface area contributed by atoms with Crippen LogP contribution >= 0.6 is 0 Å². The van der Waals surface area contributed by atoms with Gasteiger partial charge in [-0.2, -0.15) is 0 Å². The summed E-state index contributed by atoms with van der Waals surface area (Å²) < 4.78 is 13.4. The van der Waals surface area contributed by atoms with E-state index in [2.05, 4.69) is 24.1 Å². The van der Waals surface area contributed by atoms with Crippen molar-refractivity contribution in [3.63, 3.8) is 0 Å². The number of amides is 1. The van der Waals surface area contributed by atoms with E-state index in [1.54, 1.807) is 0 Å². The smallest absolute Gasteiger partial charge is 0.253 e. The van der Waals surface area contributed by atoms with Crippen LogP contribution in [0.5, 0.6) is 0 Å². The Morgan fingerprint density at radius 2 is 1.95 bits per heavy atom. The predicted octanol–water partition coefficient (Wildman–Crippen LogP) is 2.50. The van der Waals surface area contributed by atoms with Crippen LogP contribution in [0.4, 0.5) is 10.1 Å². The molecule has 1 unspecified atom stereocenters. The number of hydrogen-bond acceptors (Lipinski definition) is 3. The van der Waals surface area contributed by atoms with Gasteiger partial charge in [0.05, 0.1) is 11.3 Å². The van der Waals surface area contributed by atoms with Crippen LogP contribution in [0, 0.1) is 11.7 Å². The molecule has 0 aromatic heterocycles. The fraction of sp³-hybridized carbons (Fsp3) is 0.562. The maximum Gasteiger partial charge on any atom is 0.253 e. The fourth-order valence-electron chi connectivity index (χ4n) is 2.63. The van der Waals surface area contributed by atoms with Crippen molar-refractivity contribution in [2.45, 2.75) is 32.7 Å². The van der Waals surface area contributed by atoms with E-state index in [1.165, 1.54) is 18.2 Å². The summed E-state index contributed by atoms with van der Waals surface area (Å²) in [4.78, 5) is 14.3. The van der Waals surface area contributed by atoms with Crippen molar-refractivity contribution in [2.24, 2.45) is 5.92 Å². The third kappa shape index (κ3) is 4.43. The first-order valence-corrected chi connectivity index (χ1v) is 7.40. The lowest BCUT2D eigenvalue weighted by Crippen LogP contribution is -2.44. The van der Waals surface area contributed by atoms with E-state index in [9.17, 15) is 9.18 Å². The van der Waals surface area contributed by atoms with Gasteiger partial charge in [0, 0.05) is 12.6 Å². The highest BCUT2D eigenvalue weighted by Crippen LogP contribution is 2.18. The van der Waals surface area contributed by atoms with Crippen LogP contribution in [0.15, 0.2) is 18.2 Å². The number of nitrogens with one attached hydrogen (secondary N) is 1. The summed E-state index contributed by atoms with van der Waals surface area (Å²) in [5.41, 5.74) is 5.71. The highest BCUT2D eigenvalue weighted by atomic mass is 19.1. The molecule has 3 N–H and O–H groups in total. The molecule has 0 aliphatic heterocycles. The first kappa shape index (κ1) is 17.4. The average Bonchev–Trinajstić information content (AvgIpc) is 2.45. The zero-order chi connectivity index (χ0) is 16.0. The van der Waals surface area contributed by atoms with E-state index in [-0.39, 0.29) is 23.2 Å². The number of nitrogens with zero attached hydrogens (tertiary/aromatic N) is 1. The van der Waals surface area contributed by atoms with Crippen molar-refractivity contribution in [1.82, 2.24) is 10.2 Å². The Balaban J connectivity index is 2.76. The third-order valence-corrected chi connectivity index (χ3v) is 4.03. The van der Waals surface area contributed by atoms with E-state index >= 15 is 0 Å². The molecule has 0 bridgehead atoms. The molecule has 0 saturated heterocycles. The largest absolute Gasteiger partial charge is 0.396 e. The first-order valence-electron chi connectivity index (χ1n) is 7.40. The van der Waals surface area contributed by atoms with Crippen molar-refractivity contribution < 1.29 is 9.18 Å². The summed E-state index contributed by atoms with van der Waals surface area (Å²) in [6.45, 7) is 4.82. The molecule has 21 heavy (non-hydrogen) atoms. The van der Waals surface area contributed by atoms with Gasteiger partial charge in [-0.3, -0.25) is 4.79 Å². The van der Waals surface area contributed by atoms with Crippen LogP contribution in [0.25, 0.3) is 0 Å². The molecule has 1 atom stereocenters. The molecular formula is C16H26FN3O. The lowest BCUT2D eigenvalue weighted by Gasteiger charge is -2.31. The number of halogens is 1. The van der Waals surface area contributed by atoms with Crippen molar-refractivity contribution in [3.05, 3.63) is 29.6 Å². The molecule has 5 heteroatoms. The Morgan fingerprint density at radius 3 is 2.48 bits per heavy atom. The van der Waals surface area contributed by atoms with Gasteiger partial charge >= 0.3 is 0 Å². The predicted molar refractivity (Wildman–Crippen MR) is 84.7 cm³/mol. The second kappa shape index (κ2) is 7.98. The molecule has 0 aliphatic rings. The van der Waals surface area contributed by atoms with E-state index in [0.29, 0.717) is 12.5 Å². The van der Waals surface area contributed by atoms with Crippen LogP contribution in [-0.4, -0.2) is 37.5 Å². The second-order valence-electron chi connectivity index (χ2n) is 5.52. The minimum absolute atomic E-state index is 0.0982. The summed E-state index contributed by atoms with van der Waals surface area (Å²) in [7, 11) is 4.01. The molecule has 1 rings (SSSR count). The number of carbonyl (C=O) groups is 1. The number of para-hydroxylation sites is 1. The average molecular weight is 295 g/mol. The van der Waals surface area contributed by atoms with Crippen molar-refractivity contribution in [2.75, 3.05) is 26.4 Å². The van der Waals surface area contributed by atoms with E-state index in [4.69, 9.17) is 5.73 Å². The molecule has 118 valence electrons. The molecule has 1 aromatic carbocycles. The normalized spacial score (nSPS) is 12.7. The lowest BCUT2D eigenvalue weighted by molar-refractivity contribution is 0.0929. The molecule has 0 fully saturated rings. The van der Waals surface area contributed by atoms with Gasteiger partial charge in [-0.05, 0) is 32.1 Å². The van der Waals surface area contributed by atoms with Gasteiger partial charge in [0.15, 0.2) is 0 Å². The topological polar surface area (TPSA) is 58.4 Å². The molecule has 1 aromatic rings. The maximum absolute atomic E-state index is 13.4. The summed E-state index contributed by atoms with van der Waals surface area (Å²) >= 11 is 0. The number of hydrogen-bond donors (Lipinski definition) is 2. The zero-order valence-electron chi connectivity index (χ0n) is 13.3. The molecule has 0 spiro atoms. The number of nitrogens with two attached hydrogens (primary N) is 1. The van der Waals surface area contributed by atoms with Crippen LogP contribution in [0.1, 0.15) is 37.0 Å². The summed E-state index contributed by atoms with van der Waals surface area (Å²) in [6.07, 6.45) is 2.11. The van der Waals surface area contributed by atoms with Gasteiger partial charge in [-0.1, -0.05) is 32.8 Å². The Bertz CT molecular complexity index is 473. The van der Waals surface area contributed by atoms with E-state index in [1.807, 2.05) is 14.1 Å². The molecule has 0 radical (unpaired) electrons. The third-order valence-electron chi connectivity index (χ3n) is 4.03. The van der Waals surface area contributed by atoms with Gasteiger partial charge in [-0.15, -0.1) is 0 Å². The van der Waals surface area contributed by atoms with E-state index in [0.717, 1.165) is 12.8 Å². The van der Waals surface area contributed by atoms with Gasteiger partial charge < -0.3 is 16.0 Å². The molecular weight excluding hydrogens is 269 g/mol. The number of carbonyl (C=O) groups excluding carboxylic acids is 1. The van der Waals surface area contributed by atoms with E-state index < -0.39 is 5.82 Å². The molecule has 0 heterocycles. The van der Waals surface area contributed by atoms with Crippen LogP contribution in [0.2, 0.25) is 0 Å². The van der Waals surface area contributed by atoms with Crippen LogP contribution < -0.4 is 11.1 Å². The molecule has 0 aliphatic carbocycles. The monoisotopic (exact) mass is 295 g/mol. The fourth-order valence-corrected chi connectivity index (χ4v) is 2.63. The van der Waals surface area contributed by atoms with Crippen molar-refractivity contribution >= 4 is 11.6 Å². The minimum Gasteiger partial charge on any atom is -0.396 e. The first-order chi connectivity index (χ1) is 9.92. The Kier molecular flexibility index (Phi) is 6.62. The van der Waals surface area contributed by atoms with Gasteiger partial charge in [0.25, 0.3) is 5.91 Å². The number of rotatable bonds is 7. The number of likely N-dealkylation sites (N-methyl/N-ethyl adjacent to an activating group) is 1. The second-order valence-corrected chi connectivity index (χ2v) is 5.52. The van der Waals surface area contributed by atoms with Gasteiger partial charge in [-0.25, -0.2) is 4.39 Å². The quantitative estimate of drug-likeness (QED) is 0.760. The lowest BCUT2D eigenvalue weighted by atomic mass is 9.93. The summed E-state index contributed by atoms with van der Waals surface area (Å²) in [6, 6.07) is 4.53. The maximum atomic E-state index is 13.4. The Labute approximate surface area is 126 Å². The number of benzene rings is 1. The highest BCUT2D eigenvalue weighted by molar-refractivity contribution is 5.99. The van der Waals surface area contributed by atoms with Crippen LogP contribution in [-0.2, 0) is 0 Å². The highest BCUT2D eigenvalue weighted by Gasteiger charge is 2.22. The molecule has 1 amide bonds. The minimum atomic E-state index is -0.563. The SMILES string of the molecule is CCC(CC)C(CNC(=O)c1cccc(F)c1N)N(C)C. The Morgan fingerprint density at radius 1 is 1.33 bits per heavy atom. The van der Waals surface area contributed by atoms with Crippen LogP contribution in [0.3, 0.4) is 0 Å². The number of nitrogen functional groups attached to an aromatic ring is 1. The zero-order valence-corrected chi connectivity index (χ0v) is 13.3. The van der Waals surface area contributed by atoms with Gasteiger partial charge in [0.1, 0.15) is 5.82 Å².